The van der Waals surface area contributed by atoms with Gasteiger partial charge in [-0.2, -0.15) is 13.2 Å². The molecule has 1 heterocycles. The minimum absolute atomic E-state index is 0.00135. The summed E-state index contributed by atoms with van der Waals surface area (Å²) in [5.41, 5.74) is 0.147. The van der Waals surface area contributed by atoms with Gasteiger partial charge in [-0.25, -0.2) is 0 Å². The van der Waals surface area contributed by atoms with Gasteiger partial charge in [-0.1, -0.05) is 10.5 Å². The smallest absolute Gasteiger partial charge is 0.392 e. The molecule has 0 radical (unpaired) electrons. The third kappa shape index (κ3) is 7.33. The Labute approximate surface area is 154 Å². The Kier molecular flexibility index (Phi) is 8.08. The van der Waals surface area contributed by atoms with E-state index in [1.54, 1.807) is 32.9 Å². The van der Waals surface area contributed by atoms with E-state index in [4.69, 9.17) is 0 Å². The molecule has 0 saturated heterocycles. The van der Waals surface area contributed by atoms with Crippen molar-refractivity contribution in [2.24, 2.45) is 10.3 Å². The van der Waals surface area contributed by atoms with Crippen LogP contribution in [0, 0.1) is 5.92 Å². The summed E-state index contributed by atoms with van der Waals surface area (Å²) in [6, 6.07) is 4.71. The summed E-state index contributed by atoms with van der Waals surface area (Å²) in [5.74, 6) is -2.94. The van der Waals surface area contributed by atoms with Crippen LogP contribution in [0.1, 0.15) is 46.2 Å². The zero-order chi connectivity index (χ0) is 20.0. The highest BCUT2D eigenvalue weighted by Crippen LogP contribution is 2.33. The number of pyridine rings is 1. The molecule has 5 nitrogen and oxygen atoms in total. The van der Waals surface area contributed by atoms with Crippen LogP contribution in [0.25, 0.3) is 0 Å². The maximum absolute atomic E-state index is 13.4. The lowest BCUT2D eigenvalue weighted by Gasteiger charge is -2.22. The molecule has 1 rings (SSSR count). The molecule has 0 saturated carbocycles. The van der Waals surface area contributed by atoms with Crippen LogP contribution in [-0.2, 0) is 20.9 Å². The molecule has 1 aromatic heterocycles. The number of carbonyl (C=O) groups excluding carboxylic acids is 1. The lowest BCUT2D eigenvalue weighted by atomic mass is 9.96. The monoisotopic (exact) mass is 392 g/mol. The van der Waals surface area contributed by atoms with Crippen molar-refractivity contribution < 1.29 is 27.3 Å². The van der Waals surface area contributed by atoms with E-state index in [1.165, 1.54) is 19.2 Å². The number of esters is 1. The first-order chi connectivity index (χ1) is 11.9. The molecule has 0 fully saturated rings. The molecule has 0 spiro atoms. The molecule has 1 aromatic rings. The minimum atomic E-state index is -4.63. The largest absolute Gasteiger partial charge is 0.591 e. The second kappa shape index (κ2) is 9.36. The summed E-state index contributed by atoms with van der Waals surface area (Å²) in [6.07, 6.45) is -4.66. The van der Waals surface area contributed by atoms with E-state index in [0.717, 1.165) is 0 Å². The summed E-state index contributed by atoms with van der Waals surface area (Å²) in [7, 11) is 0. The number of hydrogen-bond acceptors (Lipinski definition) is 5. The van der Waals surface area contributed by atoms with E-state index in [2.05, 4.69) is 14.1 Å². The Hall–Kier alpha value is -1.61. The molecule has 0 amide bonds. The summed E-state index contributed by atoms with van der Waals surface area (Å²) in [4.78, 5) is 15.6. The first-order valence-corrected chi connectivity index (χ1v) is 9.19. The van der Waals surface area contributed by atoms with Crippen LogP contribution >= 0.6 is 0 Å². The van der Waals surface area contributed by atoms with E-state index in [9.17, 15) is 22.5 Å². The molecule has 146 valence electrons. The number of halogens is 3. The highest BCUT2D eigenvalue weighted by atomic mass is 32.2. The van der Waals surface area contributed by atoms with Crippen LogP contribution in [0.4, 0.5) is 13.2 Å². The molecule has 26 heavy (non-hydrogen) atoms. The third-order valence-corrected chi connectivity index (χ3v) is 4.73. The van der Waals surface area contributed by atoms with Crippen molar-refractivity contribution in [2.45, 2.75) is 51.5 Å². The predicted octanol–water partition coefficient (Wildman–Crippen LogP) is 3.85. The summed E-state index contributed by atoms with van der Waals surface area (Å²) >= 11 is -1.76. The SMILES string of the molecule is CCOC(=O)CC(CC(=N[S+]([O-])C(C)(C)C)c1ccccn1)C(F)(F)F. The standard InChI is InChI=1S/C17H23F3N2O3S/c1-5-25-15(23)11-12(17(18,19)20)10-14(13-8-6-7-9-21-13)22-26(24)16(2,3)4/h6-9,12H,5,10-11H2,1-4H3. The Morgan fingerprint density at radius 1 is 1.31 bits per heavy atom. The van der Waals surface area contributed by atoms with E-state index in [-0.39, 0.29) is 18.0 Å². The highest BCUT2D eigenvalue weighted by Gasteiger charge is 2.43. The summed E-state index contributed by atoms with van der Waals surface area (Å²) in [5, 5.41) is 0. The van der Waals surface area contributed by atoms with Gasteiger partial charge in [0.1, 0.15) is 21.8 Å². The first-order valence-electron chi connectivity index (χ1n) is 8.08. The normalized spacial score (nSPS) is 15.5. The lowest BCUT2D eigenvalue weighted by Crippen LogP contribution is -2.31. The van der Waals surface area contributed by atoms with Crippen LogP contribution in [0.3, 0.4) is 0 Å². The maximum Gasteiger partial charge on any atom is 0.392 e. The summed E-state index contributed by atoms with van der Waals surface area (Å²) in [6.45, 7) is 6.53. The molecule has 9 heteroatoms. The Morgan fingerprint density at radius 2 is 1.96 bits per heavy atom. The van der Waals surface area contributed by atoms with Crippen molar-refractivity contribution in [3.8, 4) is 0 Å². The van der Waals surface area contributed by atoms with Crippen molar-refractivity contribution in [3.05, 3.63) is 30.1 Å². The Bertz CT molecular complexity index is 616. The van der Waals surface area contributed by atoms with Gasteiger partial charge in [0.2, 0.25) is 0 Å². The molecule has 0 N–H and O–H groups in total. The molecule has 0 aliphatic carbocycles. The van der Waals surface area contributed by atoms with E-state index in [0.29, 0.717) is 0 Å². The second-order valence-electron chi connectivity index (χ2n) is 6.57. The lowest BCUT2D eigenvalue weighted by molar-refractivity contribution is -0.182. The van der Waals surface area contributed by atoms with Crippen LogP contribution in [0.15, 0.2) is 28.8 Å². The average Bonchev–Trinajstić information content (AvgIpc) is 2.52. The fourth-order valence-electron chi connectivity index (χ4n) is 1.92. The minimum Gasteiger partial charge on any atom is -0.591 e. The van der Waals surface area contributed by atoms with E-state index in [1.807, 2.05) is 0 Å². The first kappa shape index (κ1) is 22.4. The number of alkyl halides is 3. The van der Waals surface area contributed by atoms with Crippen molar-refractivity contribution >= 4 is 23.0 Å². The second-order valence-corrected chi connectivity index (χ2v) is 8.47. The third-order valence-electron chi connectivity index (χ3n) is 3.30. The molecule has 0 aliphatic heterocycles. The molecule has 0 aliphatic rings. The fraction of sp³-hybridized carbons (Fsp3) is 0.588. The molecule has 0 bridgehead atoms. The zero-order valence-corrected chi connectivity index (χ0v) is 16.0. The van der Waals surface area contributed by atoms with Gasteiger partial charge in [0, 0.05) is 12.6 Å². The van der Waals surface area contributed by atoms with Gasteiger partial charge in [0.15, 0.2) is 0 Å². The highest BCUT2D eigenvalue weighted by molar-refractivity contribution is 7.91. The molecule has 0 aromatic carbocycles. The maximum atomic E-state index is 13.4. The van der Waals surface area contributed by atoms with Crippen molar-refractivity contribution in [2.75, 3.05) is 6.61 Å². The van der Waals surface area contributed by atoms with Crippen LogP contribution < -0.4 is 0 Å². The molecular weight excluding hydrogens is 369 g/mol. The average molecular weight is 392 g/mol. The Balaban J connectivity index is 3.19. The number of rotatable bonds is 7. The fourth-order valence-corrected chi connectivity index (χ4v) is 2.56. The van der Waals surface area contributed by atoms with Gasteiger partial charge in [-0.15, -0.1) is 0 Å². The molecule has 2 atom stereocenters. The number of nitrogens with zero attached hydrogens (tertiary/aromatic N) is 2. The molecule has 2 unspecified atom stereocenters. The van der Waals surface area contributed by atoms with Gasteiger partial charge in [0.05, 0.1) is 24.6 Å². The molecular formula is C17H23F3N2O3S. The zero-order valence-electron chi connectivity index (χ0n) is 15.2. The number of hydrogen-bond donors (Lipinski definition) is 0. The predicted molar refractivity (Wildman–Crippen MR) is 94.1 cm³/mol. The van der Waals surface area contributed by atoms with Crippen LogP contribution in [-0.4, -0.2) is 38.7 Å². The van der Waals surface area contributed by atoms with Crippen LogP contribution in [0.5, 0.6) is 0 Å². The van der Waals surface area contributed by atoms with Gasteiger partial charge in [-0.05, 0) is 39.8 Å². The van der Waals surface area contributed by atoms with Gasteiger partial charge in [0.25, 0.3) is 0 Å². The number of ether oxygens (including phenoxy) is 1. The van der Waals surface area contributed by atoms with Crippen molar-refractivity contribution in [1.82, 2.24) is 4.98 Å². The topological polar surface area (TPSA) is 74.6 Å². The Morgan fingerprint density at radius 3 is 2.42 bits per heavy atom. The van der Waals surface area contributed by atoms with Gasteiger partial charge >= 0.3 is 12.1 Å². The summed E-state index contributed by atoms with van der Waals surface area (Å²) < 4.78 is 60.4. The van der Waals surface area contributed by atoms with Crippen molar-refractivity contribution in [1.29, 1.82) is 0 Å². The quantitative estimate of drug-likeness (QED) is 0.401. The van der Waals surface area contributed by atoms with Crippen LogP contribution in [0.2, 0.25) is 0 Å². The number of carbonyl (C=O) groups is 1. The van der Waals surface area contributed by atoms with E-state index >= 15 is 0 Å². The van der Waals surface area contributed by atoms with Crippen molar-refractivity contribution in [3.63, 3.8) is 0 Å². The van der Waals surface area contributed by atoms with Gasteiger partial charge in [-0.3, -0.25) is 9.78 Å². The van der Waals surface area contributed by atoms with E-state index < -0.39 is 47.0 Å². The number of aromatic nitrogens is 1. The van der Waals surface area contributed by atoms with Gasteiger partial charge < -0.3 is 9.29 Å².